The lowest BCUT2D eigenvalue weighted by molar-refractivity contribution is -0.130. The summed E-state index contributed by atoms with van der Waals surface area (Å²) in [5, 5.41) is 4.54. The van der Waals surface area contributed by atoms with E-state index in [9.17, 15) is 9.59 Å². The predicted molar refractivity (Wildman–Crippen MR) is 94.5 cm³/mol. The standard InChI is InChI=1S/C18H21N5O2/c1-12-9-13(2)23(20-12)14-7-8-21(10-14)17(24)11-22-16-6-4-3-5-15(16)19-18(22)25/h3-6,9,14H,7-8,10-11H2,1-2H3,(H,19,25). The Bertz CT molecular complexity index is 996. The van der Waals surface area contributed by atoms with Gasteiger partial charge in [0.15, 0.2) is 0 Å². The number of para-hydroxylation sites is 2. The predicted octanol–water partition coefficient (Wildman–Crippen LogP) is 1.62. The number of rotatable bonds is 3. The molecule has 3 heterocycles. The molecule has 1 aliphatic heterocycles. The fourth-order valence-corrected chi connectivity index (χ4v) is 3.68. The van der Waals surface area contributed by atoms with Crippen LogP contribution in [-0.2, 0) is 11.3 Å². The molecule has 1 amide bonds. The largest absolute Gasteiger partial charge is 0.339 e. The van der Waals surface area contributed by atoms with Gasteiger partial charge >= 0.3 is 5.69 Å². The molecule has 1 N–H and O–H groups in total. The highest BCUT2D eigenvalue weighted by Gasteiger charge is 2.29. The quantitative estimate of drug-likeness (QED) is 0.788. The van der Waals surface area contributed by atoms with Crippen molar-refractivity contribution in [1.82, 2.24) is 24.2 Å². The number of amides is 1. The number of fused-ring (bicyclic) bond motifs is 1. The maximum Gasteiger partial charge on any atom is 0.326 e. The summed E-state index contributed by atoms with van der Waals surface area (Å²) >= 11 is 0. The summed E-state index contributed by atoms with van der Waals surface area (Å²) in [5.41, 5.74) is 3.37. The number of nitrogens with one attached hydrogen (secondary N) is 1. The van der Waals surface area contributed by atoms with Crippen molar-refractivity contribution >= 4 is 16.9 Å². The Hall–Kier alpha value is -2.83. The van der Waals surface area contributed by atoms with Gasteiger partial charge in [-0.15, -0.1) is 0 Å². The third-order valence-electron chi connectivity index (χ3n) is 4.88. The van der Waals surface area contributed by atoms with Crippen LogP contribution in [0.4, 0.5) is 0 Å². The first-order chi connectivity index (χ1) is 12.0. The summed E-state index contributed by atoms with van der Waals surface area (Å²) in [4.78, 5) is 29.5. The van der Waals surface area contributed by atoms with Crippen molar-refractivity contribution in [1.29, 1.82) is 0 Å². The van der Waals surface area contributed by atoms with Crippen molar-refractivity contribution in [3.8, 4) is 0 Å². The molecule has 1 unspecified atom stereocenters. The van der Waals surface area contributed by atoms with Gasteiger partial charge in [-0.25, -0.2) is 4.79 Å². The molecule has 1 aliphatic rings. The van der Waals surface area contributed by atoms with Crippen LogP contribution in [0.5, 0.6) is 0 Å². The van der Waals surface area contributed by atoms with Crippen molar-refractivity contribution in [2.75, 3.05) is 13.1 Å². The molecule has 1 fully saturated rings. The van der Waals surface area contributed by atoms with Crippen LogP contribution < -0.4 is 5.69 Å². The molecule has 0 aliphatic carbocycles. The number of imidazole rings is 1. The van der Waals surface area contributed by atoms with Crippen LogP contribution in [0.2, 0.25) is 0 Å². The SMILES string of the molecule is Cc1cc(C)n(C2CCN(C(=O)Cn3c(=O)[nH]c4ccccc43)C2)n1. The van der Waals surface area contributed by atoms with Crippen molar-refractivity contribution in [2.45, 2.75) is 32.9 Å². The lowest BCUT2D eigenvalue weighted by Crippen LogP contribution is -2.34. The molecule has 7 nitrogen and oxygen atoms in total. The molecule has 4 rings (SSSR count). The molecule has 0 spiro atoms. The van der Waals surface area contributed by atoms with E-state index in [-0.39, 0.29) is 24.2 Å². The number of hydrogen-bond acceptors (Lipinski definition) is 3. The average Bonchev–Trinajstić information content (AvgIpc) is 3.26. The molecule has 1 aromatic carbocycles. The molecule has 1 saturated heterocycles. The van der Waals surface area contributed by atoms with Crippen LogP contribution in [-0.4, -0.2) is 43.2 Å². The summed E-state index contributed by atoms with van der Waals surface area (Å²) in [6.45, 7) is 5.41. The molecule has 0 radical (unpaired) electrons. The smallest absolute Gasteiger partial charge is 0.326 e. The number of aromatic amines is 1. The first kappa shape index (κ1) is 15.7. The van der Waals surface area contributed by atoms with Crippen molar-refractivity contribution in [3.63, 3.8) is 0 Å². The first-order valence-corrected chi connectivity index (χ1v) is 8.51. The van der Waals surface area contributed by atoms with Gasteiger partial charge < -0.3 is 9.88 Å². The zero-order valence-corrected chi connectivity index (χ0v) is 14.4. The Labute approximate surface area is 144 Å². The Morgan fingerprint density at radius 2 is 2.12 bits per heavy atom. The number of benzene rings is 1. The molecule has 0 bridgehead atoms. The average molecular weight is 339 g/mol. The van der Waals surface area contributed by atoms with Gasteiger partial charge in [-0.2, -0.15) is 5.10 Å². The fraction of sp³-hybridized carbons (Fsp3) is 0.389. The summed E-state index contributed by atoms with van der Waals surface area (Å²) < 4.78 is 3.52. The molecule has 0 saturated carbocycles. The van der Waals surface area contributed by atoms with Crippen molar-refractivity contribution in [2.24, 2.45) is 0 Å². The van der Waals surface area contributed by atoms with Crippen LogP contribution in [0, 0.1) is 13.8 Å². The number of carbonyl (C=O) groups is 1. The third-order valence-corrected chi connectivity index (χ3v) is 4.88. The molecule has 2 aromatic heterocycles. The summed E-state index contributed by atoms with van der Waals surface area (Å²) in [5.74, 6) is -0.0316. The zero-order chi connectivity index (χ0) is 17.6. The topological polar surface area (TPSA) is 75.9 Å². The van der Waals surface area contributed by atoms with E-state index in [1.807, 2.05) is 47.7 Å². The Morgan fingerprint density at radius 3 is 2.88 bits per heavy atom. The maximum atomic E-state index is 12.7. The minimum atomic E-state index is -0.246. The lowest BCUT2D eigenvalue weighted by Gasteiger charge is -2.17. The summed E-state index contributed by atoms with van der Waals surface area (Å²) in [6.07, 6.45) is 0.885. The maximum absolute atomic E-state index is 12.7. The second-order valence-corrected chi connectivity index (χ2v) is 6.69. The number of likely N-dealkylation sites (tertiary alicyclic amines) is 1. The Kier molecular flexibility index (Phi) is 3.71. The van der Waals surface area contributed by atoms with E-state index in [1.54, 1.807) is 0 Å². The second-order valence-electron chi connectivity index (χ2n) is 6.69. The van der Waals surface area contributed by atoms with Crippen molar-refractivity contribution in [3.05, 3.63) is 52.2 Å². The molecular formula is C18H21N5O2. The van der Waals surface area contributed by atoms with Crippen LogP contribution >= 0.6 is 0 Å². The van der Waals surface area contributed by atoms with Gasteiger partial charge in [-0.3, -0.25) is 14.0 Å². The van der Waals surface area contributed by atoms with E-state index in [2.05, 4.69) is 16.1 Å². The number of aromatic nitrogens is 4. The number of H-pyrrole nitrogens is 1. The third kappa shape index (κ3) is 2.75. The Morgan fingerprint density at radius 1 is 1.32 bits per heavy atom. The minimum absolute atomic E-state index is 0.0316. The molecule has 1 atom stereocenters. The van der Waals surface area contributed by atoms with Gasteiger partial charge in [-0.05, 0) is 38.5 Å². The van der Waals surface area contributed by atoms with Gasteiger partial charge in [0.05, 0.1) is 22.8 Å². The van der Waals surface area contributed by atoms with Gasteiger partial charge in [0.1, 0.15) is 6.54 Å². The van der Waals surface area contributed by atoms with E-state index in [0.29, 0.717) is 13.1 Å². The highest BCUT2D eigenvalue weighted by molar-refractivity contribution is 5.80. The van der Waals surface area contributed by atoms with E-state index < -0.39 is 0 Å². The van der Waals surface area contributed by atoms with Crippen LogP contribution in [0.1, 0.15) is 23.9 Å². The molecule has 7 heteroatoms. The van der Waals surface area contributed by atoms with Gasteiger partial charge in [0.2, 0.25) is 5.91 Å². The summed E-state index contributed by atoms with van der Waals surface area (Å²) in [6, 6.07) is 9.68. The van der Waals surface area contributed by atoms with Crippen LogP contribution in [0.3, 0.4) is 0 Å². The number of carbonyl (C=O) groups excluding carboxylic acids is 1. The lowest BCUT2D eigenvalue weighted by atomic mass is 10.2. The molecule has 3 aromatic rings. The number of nitrogens with zero attached hydrogens (tertiary/aromatic N) is 4. The van der Waals surface area contributed by atoms with Gasteiger partial charge in [-0.1, -0.05) is 12.1 Å². The second kappa shape index (κ2) is 5.91. The van der Waals surface area contributed by atoms with Gasteiger partial charge in [0, 0.05) is 18.8 Å². The normalized spacial score (nSPS) is 17.5. The van der Waals surface area contributed by atoms with Gasteiger partial charge in [0.25, 0.3) is 0 Å². The zero-order valence-electron chi connectivity index (χ0n) is 14.4. The molecular weight excluding hydrogens is 318 g/mol. The van der Waals surface area contributed by atoms with E-state index >= 15 is 0 Å². The summed E-state index contributed by atoms with van der Waals surface area (Å²) in [7, 11) is 0. The van der Waals surface area contributed by atoms with E-state index in [0.717, 1.165) is 28.8 Å². The molecule has 25 heavy (non-hydrogen) atoms. The number of hydrogen-bond donors (Lipinski definition) is 1. The Balaban J connectivity index is 1.51. The highest BCUT2D eigenvalue weighted by Crippen LogP contribution is 2.23. The fourth-order valence-electron chi connectivity index (χ4n) is 3.68. The van der Waals surface area contributed by atoms with Crippen LogP contribution in [0.25, 0.3) is 11.0 Å². The van der Waals surface area contributed by atoms with Crippen molar-refractivity contribution < 1.29 is 4.79 Å². The van der Waals surface area contributed by atoms with E-state index in [4.69, 9.17) is 0 Å². The number of aryl methyl sites for hydroxylation is 2. The molecule has 130 valence electrons. The highest BCUT2D eigenvalue weighted by atomic mass is 16.2. The first-order valence-electron chi connectivity index (χ1n) is 8.51. The van der Waals surface area contributed by atoms with Crippen LogP contribution in [0.15, 0.2) is 35.1 Å². The monoisotopic (exact) mass is 339 g/mol. The van der Waals surface area contributed by atoms with E-state index in [1.165, 1.54) is 4.57 Å². The minimum Gasteiger partial charge on any atom is -0.339 e.